The molecule has 6 N–H and O–H groups in total. The van der Waals surface area contributed by atoms with Crippen LogP contribution in [0.1, 0.15) is 33.4 Å². The van der Waals surface area contributed by atoms with E-state index in [1.54, 1.807) is 0 Å². The molecule has 28 heavy (non-hydrogen) atoms. The van der Waals surface area contributed by atoms with Crippen LogP contribution in [0.15, 0.2) is 36.4 Å². The van der Waals surface area contributed by atoms with E-state index >= 15 is 0 Å². The standard InChI is InChI=1S/C21H22O7/c22-9-15-5-13(6-16(10-23)20(15)27)1-3-19(26)4-2-14-7-17(11-24)21(28)18(8-14)12-25/h1-8,22-25,27-28H,9-12H2/b3-1+,4-2+. The van der Waals surface area contributed by atoms with Crippen LogP contribution in [0.5, 0.6) is 11.5 Å². The van der Waals surface area contributed by atoms with Gasteiger partial charge in [0, 0.05) is 22.3 Å². The van der Waals surface area contributed by atoms with Gasteiger partial charge >= 0.3 is 0 Å². The monoisotopic (exact) mass is 386 g/mol. The number of carbonyl (C=O) groups is 1. The van der Waals surface area contributed by atoms with Crippen LogP contribution in [-0.4, -0.2) is 36.4 Å². The number of rotatable bonds is 8. The van der Waals surface area contributed by atoms with Gasteiger partial charge in [-0.2, -0.15) is 0 Å². The van der Waals surface area contributed by atoms with Crippen molar-refractivity contribution < 1.29 is 35.4 Å². The lowest BCUT2D eigenvalue weighted by atomic mass is 10.0. The van der Waals surface area contributed by atoms with Crippen molar-refractivity contribution in [2.24, 2.45) is 0 Å². The maximum Gasteiger partial charge on any atom is 0.178 e. The lowest BCUT2D eigenvalue weighted by molar-refractivity contribution is -0.110. The van der Waals surface area contributed by atoms with Gasteiger partial charge in [0.1, 0.15) is 11.5 Å². The zero-order valence-electron chi connectivity index (χ0n) is 15.0. The van der Waals surface area contributed by atoms with E-state index in [1.807, 2.05) is 0 Å². The average Bonchev–Trinajstić information content (AvgIpc) is 2.71. The molecule has 7 heteroatoms. The molecule has 0 bridgehead atoms. The van der Waals surface area contributed by atoms with E-state index in [-0.39, 0.29) is 39.5 Å². The summed E-state index contributed by atoms with van der Waals surface area (Å²) in [6.07, 6.45) is 5.54. The third-order valence-electron chi connectivity index (χ3n) is 4.14. The molecule has 0 amide bonds. The first kappa shape index (κ1) is 21.3. The summed E-state index contributed by atoms with van der Waals surface area (Å²) in [4.78, 5) is 12.1. The zero-order valence-corrected chi connectivity index (χ0v) is 15.0. The second kappa shape index (κ2) is 9.82. The van der Waals surface area contributed by atoms with E-state index in [1.165, 1.54) is 48.6 Å². The fourth-order valence-corrected chi connectivity index (χ4v) is 2.66. The van der Waals surface area contributed by atoms with Crippen LogP contribution in [0.2, 0.25) is 0 Å². The topological polar surface area (TPSA) is 138 Å². The van der Waals surface area contributed by atoms with Crippen molar-refractivity contribution in [2.75, 3.05) is 0 Å². The molecular weight excluding hydrogens is 364 g/mol. The summed E-state index contributed by atoms with van der Waals surface area (Å²) >= 11 is 0. The van der Waals surface area contributed by atoms with E-state index < -0.39 is 26.4 Å². The maximum atomic E-state index is 12.1. The molecule has 0 aliphatic carbocycles. The van der Waals surface area contributed by atoms with Gasteiger partial charge in [0.25, 0.3) is 0 Å². The van der Waals surface area contributed by atoms with Crippen molar-refractivity contribution in [2.45, 2.75) is 26.4 Å². The molecule has 0 aliphatic rings. The summed E-state index contributed by atoms with van der Waals surface area (Å²) in [5.41, 5.74) is 2.03. The summed E-state index contributed by atoms with van der Waals surface area (Å²) in [6.45, 7) is -1.63. The lowest BCUT2D eigenvalue weighted by Crippen LogP contribution is -1.94. The molecule has 0 aliphatic heterocycles. The van der Waals surface area contributed by atoms with Gasteiger partial charge in [0.2, 0.25) is 0 Å². The van der Waals surface area contributed by atoms with E-state index in [2.05, 4.69) is 0 Å². The molecule has 0 atom stereocenters. The molecule has 2 rings (SSSR count). The minimum absolute atomic E-state index is 0.180. The lowest BCUT2D eigenvalue weighted by Gasteiger charge is -2.08. The Balaban J connectivity index is 2.20. The number of carbonyl (C=O) groups excluding carboxylic acids is 1. The van der Waals surface area contributed by atoms with Crippen LogP contribution in [0.4, 0.5) is 0 Å². The number of hydrogen-bond donors (Lipinski definition) is 6. The number of hydrogen-bond acceptors (Lipinski definition) is 7. The quantitative estimate of drug-likeness (QED) is 0.377. The minimum atomic E-state index is -0.407. The Morgan fingerprint density at radius 2 is 0.929 bits per heavy atom. The van der Waals surface area contributed by atoms with Gasteiger partial charge in [-0.3, -0.25) is 4.79 Å². The van der Waals surface area contributed by atoms with Gasteiger partial charge in [-0.1, -0.05) is 12.2 Å². The molecule has 2 aromatic rings. The van der Waals surface area contributed by atoms with Gasteiger partial charge < -0.3 is 30.6 Å². The maximum absolute atomic E-state index is 12.1. The van der Waals surface area contributed by atoms with Crippen LogP contribution in [0.3, 0.4) is 0 Å². The van der Waals surface area contributed by atoms with Crippen LogP contribution in [0, 0.1) is 0 Å². The minimum Gasteiger partial charge on any atom is -0.507 e. The Morgan fingerprint density at radius 3 is 1.18 bits per heavy atom. The molecular formula is C21H22O7. The number of aliphatic hydroxyl groups excluding tert-OH is 4. The number of aromatic hydroxyl groups is 2. The normalized spacial score (nSPS) is 11.6. The molecule has 0 heterocycles. The summed E-state index contributed by atoms with van der Waals surface area (Å²) in [5, 5.41) is 56.7. The van der Waals surface area contributed by atoms with Crippen LogP contribution < -0.4 is 0 Å². The predicted octanol–water partition coefficient (Wildman–Crippen LogP) is 1.36. The third-order valence-corrected chi connectivity index (χ3v) is 4.14. The zero-order chi connectivity index (χ0) is 20.7. The van der Waals surface area contributed by atoms with E-state index in [4.69, 9.17) is 0 Å². The van der Waals surface area contributed by atoms with Gasteiger partial charge in [0.05, 0.1) is 26.4 Å². The largest absolute Gasteiger partial charge is 0.507 e. The first-order valence-electron chi connectivity index (χ1n) is 8.46. The molecule has 0 fully saturated rings. The van der Waals surface area contributed by atoms with Gasteiger partial charge in [-0.05, 0) is 47.5 Å². The highest BCUT2D eigenvalue weighted by Gasteiger charge is 2.09. The molecule has 148 valence electrons. The van der Waals surface area contributed by atoms with Crippen molar-refractivity contribution in [3.8, 4) is 11.5 Å². The SMILES string of the molecule is O=C(/C=C/c1cc(CO)c(O)c(CO)c1)/C=C/c1cc(CO)c(O)c(CO)c1. The van der Waals surface area contributed by atoms with Crippen molar-refractivity contribution in [3.05, 3.63) is 69.8 Å². The summed E-state index contributed by atoms with van der Waals surface area (Å²) in [5.74, 6) is -0.714. The third kappa shape index (κ3) is 5.05. The van der Waals surface area contributed by atoms with E-state index in [9.17, 15) is 35.4 Å². The summed E-state index contributed by atoms with van der Waals surface area (Å²) in [6, 6.07) is 6.01. The second-order valence-corrected chi connectivity index (χ2v) is 6.08. The summed E-state index contributed by atoms with van der Waals surface area (Å²) in [7, 11) is 0. The number of benzene rings is 2. The van der Waals surface area contributed by atoms with Gasteiger partial charge in [0.15, 0.2) is 5.78 Å². The Bertz CT molecular complexity index is 789. The van der Waals surface area contributed by atoms with E-state index in [0.29, 0.717) is 11.1 Å². The van der Waals surface area contributed by atoms with Crippen molar-refractivity contribution in [1.29, 1.82) is 0 Å². The van der Waals surface area contributed by atoms with E-state index in [0.717, 1.165) is 0 Å². The van der Waals surface area contributed by atoms with Gasteiger partial charge in [-0.15, -0.1) is 0 Å². The highest BCUT2D eigenvalue weighted by molar-refractivity contribution is 6.04. The highest BCUT2D eigenvalue weighted by atomic mass is 16.3. The fourth-order valence-electron chi connectivity index (χ4n) is 2.66. The predicted molar refractivity (Wildman–Crippen MR) is 103 cm³/mol. The number of ketones is 1. The highest BCUT2D eigenvalue weighted by Crippen LogP contribution is 2.26. The molecule has 0 saturated heterocycles. The Labute approximate surface area is 161 Å². The Hall–Kier alpha value is -2.97. The molecule has 0 radical (unpaired) electrons. The summed E-state index contributed by atoms with van der Waals surface area (Å²) < 4.78 is 0. The van der Waals surface area contributed by atoms with Crippen molar-refractivity contribution >= 4 is 17.9 Å². The molecule has 0 aromatic heterocycles. The number of phenols is 2. The van der Waals surface area contributed by atoms with Crippen molar-refractivity contribution in [3.63, 3.8) is 0 Å². The molecule has 7 nitrogen and oxygen atoms in total. The van der Waals surface area contributed by atoms with Crippen molar-refractivity contribution in [1.82, 2.24) is 0 Å². The van der Waals surface area contributed by atoms with Crippen LogP contribution in [0.25, 0.3) is 12.2 Å². The smallest absolute Gasteiger partial charge is 0.178 e. The molecule has 0 spiro atoms. The van der Waals surface area contributed by atoms with Gasteiger partial charge in [-0.25, -0.2) is 0 Å². The number of aliphatic hydroxyl groups is 4. The fraction of sp³-hybridized carbons (Fsp3) is 0.190. The van der Waals surface area contributed by atoms with Crippen LogP contribution >= 0.6 is 0 Å². The Morgan fingerprint density at radius 1 is 0.643 bits per heavy atom. The first-order chi connectivity index (χ1) is 13.4. The number of allylic oxidation sites excluding steroid dienone is 2. The Kier molecular flexibility index (Phi) is 7.48. The first-order valence-corrected chi connectivity index (χ1v) is 8.46. The average molecular weight is 386 g/mol. The molecule has 0 unspecified atom stereocenters. The second-order valence-electron chi connectivity index (χ2n) is 6.08. The van der Waals surface area contributed by atoms with Crippen LogP contribution in [-0.2, 0) is 31.2 Å². The molecule has 2 aromatic carbocycles. The molecule has 0 saturated carbocycles.